The van der Waals surface area contributed by atoms with E-state index in [0.717, 1.165) is 0 Å². The van der Waals surface area contributed by atoms with E-state index >= 15 is 0 Å². The summed E-state index contributed by atoms with van der Waals surface area (Å²) in [5.74, 6) is -3.35. The molecular formula is C26H30N4O6S. The van der Waals surface area contributed by atoms with Gasteiger partial charge in [0.05, 0.1) is 16.2 Å². The number of aromatic carboxylic acids is 1. The number of carbonyl (C=O) groups is 3. The molecule has 1 aromatic heterocycles. The molecule has 2 aromatic carbocycles. The number of nitrogens with zero attached hydrogens (tertiary/aromatic N) is 1. The van der Waals surface area contributed by atoms with Crippen molar-refractivity contribution in [2.75, 3.05) is 13.1 Å². The molecule has 0 aliphatic heterocycles. The third kappa shape index (κ3) is 4.72. The zero-order chi connectivity index (χ0) is 26.8. The van der Waals surface area contributed by atoms with Gasteiger partial charge in [0, 0.05) is 36.6 Å². The van der Waals surface area contributed by atoms with Crippen LogP contribution in [0.15, 0.2) is 59.5 Å². The molecule has 0 bridgehead atoms. The average Bonchev–Trinajstić information content (AvgIpc) is 3.19. The van der Waals surface area contributed by atoms with E-state index < -0.39 is 39.1 Å². The van der Waals surface area contributed by atoms with Crippen LogP contribution in [0.5, 0.6) is 0 Å². The SMILES string of the molecule is Cn1c(C(=O)O)c([C@]2(C(N)=O)CCCC[C@H]2C(=O)NCCNS(=O)(=O)c2ccccc2)c2ccccc21. The maximum absolute atomic E-state index is 13.5. The number of para-hydroxylation sites is 1. The second kappa shape index (κ2) is 10.3. The largest absolute Gasteiger partial charge is 0.477 e. The van der Waals surface area contributed by atoms with Crippen LogP contribution in [0.3, 0.4) is 0 Å². The standard InChI is InChI=1S/C26H30N4O6S/c1-30-20-13-6-5-11-18(20)21(22(30)24(32)33)26(25(27)34)14-8-7-12-19(26)23(31)28-15-16-29-37(35,36)17-9-3-2-4-10-17/h2-6,9-11,13,19,29H,7-8,12,14-16H2,1H3,(H2,27,34)(H,28,31)(H,32,33)/t19-,26-/m0/s1. The molecule has 1 aliphatic carbocycles. The number of hydrogen-bond donors (Lipinski definition) is 4. The van der Waals surface area contributed by atoms with Crippen molar-refractivity contribution in [2.45, 2.75) is 36.0 Å². The van der Waals surface area contributed by atoms with Gasteiger partial charge < -0.3 is 20.7 Å². The van der Waals surface area contributed by atoms with Crippen LogP contribution in [0.4, 0.5) is 0 Å². The van der Waals surface area contributed by atoms with E-state index in [4.69, 9.17) is 5.73 Å². The summed E-state index contributed by atoms with van der Waals surface area (Å²) in [5.41, 5.74) is 5.27. The van der Waals surface area contributed by atoms with Crippen molar-refractivity contribution in [3.05, 3.63) is 65.9 Å². The Morgan fingerprint density at radius 3 is 2.41 bits per heavy atom. The van der Waals surface area contributed by atoms with Crippen LogP contribution in [0, 0.1) is 5.92 Å². The Hall–Kier alpha value is -3.70. The Balaban J connectivity index is 1.63. The van der Waals surface area contributed by atoms with Crippen molar-refractivity contribution in [1.29, 1.82) is 0 Å². The molecule has 37 heavy (non-hydrogen) atoms. The zero-order valence-corrected chi connectivity index (χ0v) is 21.3. The maximum atomic E-state index is 13.5. The summed E-state index contributed by atoms with van der Waals surface area (Å²) in [6, 6.07) is 14.9. The van der Waals surface area contributed by atoms with E-state index in [1.54, 1.807) is 49.5 Å². The van der Waals surface area contributed by atoms with Crippen LogP contribution in [-0.2, 0) is 32.1 Å². The summed E-state index contributed by atoms with van der Waals surface area (Å²) in [4.78, 5) is 39.1. The molecular weight excluding hydrogens is 496 g/mol. The Morgan fingerprint density at radius 2 is 1.73 bits per heavy atom. The average molecular weight is 527 g/mol. The normalized spacial score (nSPS) is 20.0. The Kier molecular flexibility index (Phi) is 7.37. The molecule has 11 heteroatoms. The second-order valence-corrected chi connectivity index (χ2v) is 11.0. The quantitative estimate of drug-likeness (QED) is 0.311. The molecule has 0 saturated heterocycles. The molecule has 196 valence electrons. The first kappa shape index (κ1) is 26.4. The lowest BCUT2D eigenvalue weighted by atomic mass is 9.61. The van der Waals surface area contributed by atoms with E-state index in [-0.39, 0.29) is 35.7 Å². The highest BCUT2D eigenvalue weighted by molar-refractivity contribution is 7.89. The van der Waals surface area contributed by atoms with Gasteiger partial charge in [-0.2, -0.15) is 0 Å². The van der Waals surface area contributed by atoms with Crippen LogP contribution in [0.25, 0.3) is 10.9 Å². The number of nitrogens with one attached hydrogen (secondary N) is 2. The summed E-state index contributed by atoms with van der Waals surface area (Å²) >= 11 is 0. The van der Waals surface area contributed by atoms with Crippen molar-refractivity contribution in [2.24, 2.45) is 18.7 Å². The minimum atomic E-state index is -3.74. The number of benzene rings is 2. The van der Waals surface area contributed by atoms with Gasteiger partial charge in [0.25, 0.3) is 0 Å². The predicted molar refractivity (Wildman–Crippen MR) is 137 cm³/mol. The minimum Gasteiger partial charge on any atom is -0.477 e. The smallest absolute Gasteiger partial charge is 0.352 e. The fraction of sp³-hybridized carbons (Fsp3) is 0.346. The number of primary amides is 1. The molecule has 0 unspecified atom stereocenters. The molecule has 5 N–H and O–H groups in total. The van der Waals surface area contributed by atoms with Crippen molar-refractivity contribution in [3.8, 4) is 0 Å². The van der Waals surface area contributed by atoms with Crippen LogP contribution in [0.2, 0.25) is 0 Å². The molecule has 1 fully saturated rings. The molecule has 4 rings (SSSR count). The predicted octanol–water partition coefficient (Wildman–Crippen LogP) is 1.88. The fourth-order valence-corrected chi connectivity index (χ4v) is 6.57. The number of hydrogen-bond acceptors (Lipinski definition) is 5. The number of carboxylic acid groups (broad SMARTS) is 1. The Bertz CT molecular complexity index is 1450. The topological polar surface area (TPSA) is 161 Å². The third-order valence-electron chi connectivity index (χ3n) is 7.19. The number of nitrogens with two attached hydrogens (primary N) is 1. The minimum absolute atomic E-state index is 0.0163. The lowest BCUT2D eigenvalue weighted by Crippen LogP contribution is -2.55. The van der Waals surface area contributed by atoms with Crippen LogP contribution in [-0.4, -0.2) is 49.0 Å². The van der Waals surface area contributed by atoms with Crippen LogP contribution < -0.4 is 15.8 Å². The number of carboxylic acids is 1. The molecule has 1 saturated carbocycles. The molecule has 10 nitrogen and oxygen atoms in total. The molecule has 1 heterocycles. The highest BCUT2D eigenvalue weighted by Crippen LogP contribution is 2.48. The van der Waals surface area contributed by atoms with Gasteiger partial charge in [0.2, 0.25) is 21.8 Å². The number of amides is 2. The van der Waals surface area contributed by atoms with Gasteiger partial charge in [-0.1, -0.05) is 49.2 Å². The monoisotopic (exact) mass is 526 g/mol. The summed E-state index contributed by atoms with van der Waals surface area (Å²) in [7, 11) is -2.13. The number of rotatable bonds is 9. The Labute approximate surface area is 214 Å². The van der Waals surface area contributed by atoms with Crippen molar-refractivity contribution in [1.82, 2.24) is 14.6 Å². The second-order valence-electron chi connectivity index (χ2n) is 9.24. The number of sulfonamides is 1. The van der Waals surface area contributed by atoms with Crippen LogP contribution in [0.1, 0.15) is 41.7 Å². The van der Waals surface area contributed by atoms with E-state index in [2.05, 4.69) is 10.0 Å². The molecule has 3 aromatic rings. The van der Waals surface area contributed by atoms with Gasteiger partial charge in [0.1, 0.15) is 5.69 Å². The molecule has 0 spiro atoms. The van der Waals surface area contributed by atoms with E-state index in [0.29, 0.717) is 30.2 Å². The van der Waals surface area contributed by atoms with Crippen molar-refractivity contribution < 1.29 is 27.9 Å². The summed E-state index contributed by atoms with van der Waals surface area (Å²) in [6.45, 7) is -0.0779. The fourth-order valence-electron chi connectivity index (χ4n) is 5.52. The molecule has 2 atom stereocenters. The first-order valence-corrected chi connectivity index (χ1v) is 13.5. The van der Waals surface area contributed by atoms with E-state index in [1.165, 1.54) is 16.7 Å². The summed E-state index contributed by atoms with van der Waals surface area (Å²) < 4.78 is 28.8. The number of aromatic nitrogens is 1. The number of carbonyl (C=O) groups excluding carboxylic acids is 2. The summed E-state index contributed by atoms with van der Waals surface area (Å²) in [6.07, 6.45) is 1.84. The third-order valence-corrected chi connectivity index (χ3v) is 8.67. The van der Waals surface area contributed by atoms with Gasteiger partial charge in [-0.25, -0.2) is 17.9 Å². The van der Waals surface area contributed by atoms with Crippen LogP contribution >= 0.6 is 0 Å². The van der Waals surface area contributed by atoms with Gasteiger partial charge in [-0.3, -0.25) is 9.59 Å². The summed E-state index contributed by atoms with van der Waals surface area (Å²) in [5, 5.41) is 13.4. The highest BCUT2D eigenvalue weighted by atomic mass is 32.2. The van der Waals surface area contributed by atoms with E-state index in [1.807, 2.05) is 0 Å². The number of aryl methyl sites for hydroxylation is 1. The van der Waals surface area contributed by atoms with E-state index in [9.17, 15) is 27.9 Å². The highest BCUT2D eigenvalue weighted by Gasteiger charge is 2.53. The van der Waals surface area contributed by atoms with Gasteiger partial charge >= 0.3 is 5.97 Å². The molecule has 1 aliphatic rings. The lowest BCUT2D eigenvalue weighted by Gasteiger charge is -2.41. The molecule has 0 radical (unpaired) electrons. The first-order valence-electron chi connectivity index (χ1n) is 12.0. The van der Waals surface area contributed by atoms with Crippen molar-refractivity contribution in [3.63, 3.8) is 0 Å². The zero-order valence-electron chi connectivity index (χ0n) is 20.4. The maximum Gasteiger partial charge on any atom is 0.352 e. The Morgan fingerprint density at radius 1 is 1.05 bits per heavy atom. The molecule has 2 amide bonds. The number of fused-ring (bicyclic) bond motifs is 1. The van der Waals surface area contributed by atoms with Gasteiger partial charge in [-0.05, 0) is 31.0 Å². The van der Waals surface area contributed by atoms with Gasteiger partial charge in [0.15, 0.2) is 0 Å². The first-order chi connectivity index (χ1) is 17.6. The van der Waals surface area contributed by atoms with Crippen molar-refractivity contribution >= 4 is 38.7 Å². The van der Waals surface area contributed by atoms with Gasteiger partial charge in [-0.15, -0.1) is 0 Å². The lowest BCUT2D eigenvalue weighted by molar-refractivity contribution is -0.137.